The molecule has 1 heterocycles. The molecule has 1 saturated heterocycles. The first-order valence-corrected chi connectivity index (χ1v) is 14.3. The van der Waals surface area contributed by atoms with Crippen molar-refractivity contribution < 1.29 is 24.2 Å². The molecule has 2 atom stereocenters. The van der Waals surface area contributed by atoms with Crippen molar-refractivity contribution in [3.63, 3.8) is 0 Å². The first-order valence-electron chi connectivity index (χ1n) is 14.3. The number of aliphatic carboxylic acids is 1. The van der Waals surface area contributed by atoms with Crippen LogP contribution in [0.5, 0.6) is 0 Å². The van der Waals surface area contributed by atoms with Gasteiger partial charge in [-0.25, -0.2) is 4.79 Å². The minimum absolute atomic E-state index is 0.0258. The summed E-state index contributed by atoms with van der Waals surface area (Å²) in [6, 6.07) is 9.69. The Hall–Kier alpha value is -3.12. The summed E-state index contributed by atoms with van der Waals surface area (Å²) in [4.78, 5) is 31.4. The number of carbonyl (C=O) groups is 2. The summed E-state index contributed by atoms with van der Waals surface area (Å²) in [5, 5.41) is 22.2. The lowest BCUT2D eigenvalue weighted by Gasteiger charge is -2.57. The molecule has 1 aromatic rings. The molecule has 1 aliphatic heterocycles. The standard InChI is InChI=1S/C30H40N4O5/c1-29(2,39-18-21-8-10-34(11-9-21)28(37)38-17-20-6-4-3-5-7-20)26(32-19-31)33-25-23-12-22-13-24(25)16-30(14-22,15-23)27(35)36/h3-7,21-25H,8-18H2,1-2H3,(H,32,33)(H,35,36). The average molecular weight is 537 g/mol. The van der Waals surface area contributed by atoms with E-state index < -0.39 is 17.0 Å². The zero-order valence-corrected chi connectivity index (χ0v) is 23.0. The fourth-order valence-electron chi connectivity index (χ4n) is 7.50. The predicted octanol–water partition coefficient (Wildman–Crippen LogP) is 4.58. The molecule has 6 rings (SSSR count). The third-order valence-electron chi connectivity index (χ3n) is 9.46. The molecule has 1 amide bonds. The third-order valence-corrected chi connectivity index (χ3v) is 9.46. The highest BCUT2D eigenvalue weighted by Gasteiger charge is 2.59. The van der Waals surface area contributed by atoms with Gasteiger partial charge in [-0.2, -0.15) is 5.26 Å². The first kappa shape index (κ1) is 27.4. The number of hydrogen-bond donors (Lipinski definition) is 2. The molecular weight excluding hydrogens is 496 g/mol. The highest BCUT2D eigenvalue weighted by atomic mass is 16.6. The van der Waals surface area contributed by atoms with Crippen LogP contribution in [0.2, 0.25) is 0 Å². The van der Waals surface area contributed by atoms with Gasteiger partial charge in [-0.05, 0) is 88.0 Å². The quantitative estimate of drug-likeness (QED) is 0.216. The number of piperidine rings is 1. The summed E-state index contributed by atoms with van der Waals surface area (Å²) < 4.78 is 11.8. The van der Waals surface area contributed by atoms with E-state index in [4.69, 9.17) is 14.5 Å². The lowest BCUT2D eigenvalue weighted by atomic mass is 9.48. The van der Waals surface area contributed by atoms with E-state index in [0.717, 1.165) is 37.7 Å². The molecule has 1 aromatic carbocycles. The van der Waals surface area contributed by atoms with Crippen LogP contribution >= 0.6 is 0 Å². The Balaban J connectivity index is 1.14. The van der Waals surface area contributed by atoms with Crippen molar-refractivity contribution in [2.24, 2.45) is 34.1 Å². The Morgan fingerprint density at radius 2 is 1.82 bits per heavy atom. The highest BCUT2D eigenvalue weighted by molar-refractivity contribution is 5.91. The van der Waals surface area contributed by atoms with Gasteiger partial charge < -0.3 is 19.5 Å². The number of rotatable bonds is 8. The van der Waals surface area contributed by atoms with Gasteiger partial charge in [0, 0.05) is 13.1 Å². The van der Waals surface area contributed by atoms with E-state index in [9.17, 15) is 20.0 Å². The Labute approximate surface area is 230 Å². The summed E-state index contributed by atoms with van der Waals surface area (Å²) in [7, 11) is 0. The highest BCUT2D eigenvalue weighted by Crippen LogP contribution is 2.61. The lowest BCUT2D eigenvalue weighted by molar-refractivity contribution is -0.166. The number of hydrogen-bond acceptors (Lipinski definition) is 6. The van der Waals surface area contributed by atoms with E-state index in [2.05, 4.69) is 5.32 Å². The van der Waals surface area contributed by atoms with Crippen molar-refractivity contribution in [3.8, 4) is 6.19 Å². The van der Waals surface area contributed by atoms with Crippen LogP contribution in [0.25, 0.3) is 0 Å². The number of ether oxygens (including phenoxy) is 2. The van der Waals surface area contributed by atoms with Crippen LogP contribution in [0, 0.1) is 40.5 Å². The van der Waals surface area contributed by atoms with Gasteiger partial charge in [-0.3, -0.25) is 15.1 Å². The molecule has 2 unspecified atom stereocenters. The molecule has 9 heteroatoms. The summed E-state index contributed by atoms with van der Waals surface area (Å²) in [6.45, 7) is 5.89. The van der Waals surface area contributed by atoms with Crippen molar-refractivity contribution in [3.05, 3.63) is 35.9 Å². The molecular formula is C30H40N4O5. The number of nitriles is 1. The van der Waals surface area contributed by atoms with Gasteiger partial charge in [-0.1, -0.05) is 30.3 Å². The van der Waals surface area contributed by atoms with Crippen molar-refractivity contribution in [2.75, 3.05) is 19.7 Å². The fraction of sp³-hybridized carbons (Fsp3) is 0.667. The number of amidine groups is 1. The molecule has 210 valence electrons. The van der Waals surface area contributed by atoms with Crippen LogP contribution in [0.15, 0.2) is 35.3 Å². The number of likely N-dealkylation sites (tertiary alicyclic amines) is 1. The molecule has 5 aliphatic rings. The second-order valence-corrected chi connectivity index (χ2v) is 12.6. The number of amides is 1. The minimum atomic E-state index is -0.791. The van der Waals surface area contributed by atoms with Gasteiger partial charge in [0.2, 0.25) is 0 Å². The van der Waals surface area contributed by atoms with Crippen molar-refractivity contribution >= 4 is 17.9 Å². The van der Waals surface area contributed by atoms with Crippen LogP contribution in [0.1, 0.15) is 64.4 Å². The fourth-order valence-corrected chi connectivity index (χ4v) is 7.50. The van der Waals surface area contributed by atoms with E-state index in [-0.39, 0.29) is 30.6 Å². The number of aliphatic imine (C=N–C) groups is 1. The van der Waals surface area contributed by atoms with Gasteiger partial charge in [0.1, 0.15) is 18.0 Å². The molecule has 9 nitrogen and oxygen atoms in total. The molecule has 4 saturated carbocycles. The summed E-state index contributed by atoms with van der Waals surface area (Å²) >= 11 is 0. The van der Waals surface area contributed by atoms with Crippen LogP contribution in [0.4, 0.5) is 4.79 Å². The normalized spacial score (nSPS) is 30.6. The lowest BCUT2D eigenvalue weighted by Crippen LogP contribution is -2.56. The van der Waals surface area contributed by atoms with Crippen LogP contribution in [-0.2, 0) is 20.9 Å². The zero-order chi connectivity index (χ0) is 27.6. The van der Waals surface area contributed by atoms with Crippen molar-refractivity contribution in [1.82, 2.24) is 10.2 Å². The number of carboxylic acids is 1. The number of nitrogens with one attached hydrogen (secondary N) is 1. The Bertz CT molecular complexity index is 1110. The van der Waals surface area contributed by atoms with Gasteiger partial charge in [0.25, 0.3) is 0 Å². The van der Waals surface area contributed by atoms with Crippen molar-refractivity contribution in [2.45, 2.75) is 77.0 Å². The second-order valence-electron chi connectivity index (χ2n) is 12.6. The van der Waals surface area contributed by atoms with Crippen LogP contribution in [-0.4, -0.2) is 59.2 Å². The molecule has 4 aliphatic carbocycles. The van der Waals surface area contributed by atoms with Crippen LogP contribution in [0.3, 0.4) is 0 Å². The zero-order valence-electron chi connectivity index (χ0n) is 23.0. The largest absolute Gasteiger partial charge is 0.481 e. The minimum Gasteiger partial charge on any atom is -0.481 e. The van der Waals surface area contributed by atoms with E-state index in [1.165, 1.54) is 0 Å². The maximum atomic E-state index is 12.5. The maximum Gasteiger partial charge on any atom is 0.410 e. The summed E-state index contributed by atoms with van der Waals surface area (Å²) in [5.41, 5.74) is -0.407. The Morgan fingerprint density at radius 3 is 2.44 bits per heavy atom. The monoisotopic (exact) mass is 536 g/mol. The Kier molecular flexibility index (Phi) is 7.86. The van der Waals surface area contributed by atoms with Gasteiger partial charge >= 0.3 is 12.1 Å². The summed E-state index contributed by atoms with van der Waals surface area (Å²) in [5.74, 6) is 1.12. The first-order chi connectivity index (χ1) is 18.7. The van der Waals surface area contributed by atoms with E-state index in [1.54, 1.807) is 4.90 Å². The maximum absolute atomic E-state index is 12.5. The van der Waals surface area contributed by atoms with Crippen LogP contribution < -0.4 is 5.32 Å². The number of benzene rings is 1. The molecule has 0 spiro atoms. The number of carbonyl (C=O) groups excluding carboxylic acids is 1. The SMILES string of the molecule is CC(C)(OCC1CCN(C(=O)OCc2ccccc2)CC1)C(=NC1C2CC3CC1CC(C(=O)O)(C3)C2)NC#N. The molecule has 4 bridgehead atoms. The molecule has 2 N–H and O–H groups in total. The third kappa shape index (κ3) is 5.91. The summed E-state index contributed by atoms with van der Waals surface area (Å²) in [6.07, 6.45) is 7.59. The Morgan fingerprint density at radius 1 is 1.15 bits per heavy atom. The number of carboxylic acid groups (broad SMARTS) is 1. The molecule has 39 heavy (non-hydrogen) atoms. The average Bonchev–Trinajstić information content (AvgIpc) is 2.92. The predicted molar refractivity (Wildman–Crippen MR) is 145 cm³/mol. The van der Waals surface area contributed by atoms with Gasteiger partial charge in [0.15, 0.2) is 6.19 Å². The smallest absolute Gasteiger partial charge is 0.410 e. The van der Waals surface area contributed by atoms with E-state index in [1.807, 2.05) is 50.4 Å². The van der Waals surface area contributed by atoms with Gasteiger partial charge in [0.05, 0.1) is 18.1 Å². The van der Waals surface area contributed by atoms with E-state index >= 15 is 0 Å². The molecule has 0 radical (unpaired) electrons. The van der Waals surface area contributed by atoms with E-state index in [0.29, 0.717) is 50.2 Å². The second kappa shape index (κ2) is 11.2. The topological polar surface area (TPSA) is 124 Å². The molecule has 0 aromatic heterocycles. The van der Waals surface area contributed by atoms with Gasteiger partial charge in [-0.15, -0.1) is 0 Å². The van der Waals surface area contributed by atoms with Crippen molar-refractivity contribution in [1.29, 1.82) is 5.26 Å². The molecule has 5 fully saturated rings. The number of nitrogens with zero attached hydrogens (tertiary/aromatic N) is 3.